The number of halogens is 1. The molecule has 2 aromatic carbocycles. The quantitative estimate of drug-likeness (QED) is 0.378. The number of ether oxygens (including phenoxy) is 2. The Balaban J connectivity index is 2.52. The van der Waals surface area contributed by atoms with Crippen LogP contribution in [0.5, 0.6) is 17.2 Å². The highest BCUT2D eigenvalue weighted by Crippen LogP contribution is 2.39. The van der Waals surface area contributed by atoms with Gasteiger partial charge in [-0.2, -0.15) is 0 Å². The highest BCUT2D eigenvalue weighted by molar-refractivity contribution is 6.34. The van der Waals surface area contributed by atoms with E-state index in [0.717, 1.165) is 6.26 Å². The Morgan fingerprint density at radius 1 is 1.28 bits per heavy atom. The SMILES string of the molecule is COc1c(Cl)c(C)cc(O)c1C(=O)c1cccc(O/C=C\[C@@H](C)C(=O)O)c1C=O. The maximum absolute atomic E-state index is 13.1. The summed E-state index contributed by atoms with van der Waals surface area (Å²) in [5.41, 5.74) is 0.232. The number of phenolic OH excluding ortho intramolecular Hbond substituents is 1. The van der Waals surface area contributed by atoms with Crippen molar-refractivity contribution in [2.45, 2.75) is 13.8 Å². The monoisotopic (exact) mass is 418 g/mol. The van der Waals surface area contributed by atoms with Gasteiger partial charge in [0.25, 0.3) is 0 Å². The summed E-state index contributed by atoms with van der Waals surface area (Å²) in [6.45, 7) is 3.10. The van der Waals surface area contributed by atoms with Crippen LogP contribution in [0.25, 0.3) is 0 Å². The molecule has 0 aliphatic carbocycles. The van der Waals surface area contributed by atoms with E-state index >= 15 is 0 Å². The maximum atomic E-state index is 13.1. The minimum absolute atomic E-state index is 0.00693. The molecule has 0 unspecified atom stereocenters. The van der Waals surface area contributed by atoms with Crippen molar-refractivity contribution in [2.24, 2.45) is 5.92 Å². The van der Waals surface area contributed by atoms with Gasteiger partial charge < -0.3 is 19.7 Å². The molecule has 0 spiro atoms. The zero-order valence-electron chi connectivity index (χ0n) is 15.9. The number of aliphatic carboxylic acids is 1. The van der Waals surface area contributed by atoms with E-state index in [1.165, 1.54) is 44.4 Å². The average Bonchev–Trinajstić information content (AvgIpc) is 2.69. The van der Waals surface area contributed by atoms with Crippen molar-refractivity contribution in [3.8, 4) is 17.2 Å². The van der Waals surface area contributed by atoms with Crippen LogP contribution in [0, 0.1) is 12.8 Å². The second kappa shape index (κ2) is 9.25. The lowest BCUT2D eigenvalue weighted by atomic mass is 9.96. The van der Waals surface area contributed by atoms with Gasteiger partial charge >= 0.3 is 5.97 Å². The van der Waals surface area contributed by atoms with Crippen LogP contribution in [0.15, 0.2) is 36.6 Å². The van der Waals surface area contributed by atoms with Gasteiger partial charge in [0.05, 0.1) is 29.9 Å². The number of benzene rings is 2. The van der Waals surface area contributed by atoms with Crippen molar-refractivity contribution in [3.05, 3.63) is 63.9 Å². The van der Waals surface area contributed by atoms with Crippen molar-refractivity contribution < 1.29 is 34.1 Å². The van der Waals surface area contributed by atoms with Crippen molar-refractivity contribution in [2.75, 3.05) is 7.11 Å². The highest BCUT2D eigenvalue weighted by atomic mass is 35.5. The van der Waals surface area contributed by atoms with Crippen LogP contribution in [0.1, 0.15) is 38.8 Å². The number of carbonyl (C=O) groups excluding carboxylic acids is 2. The lowest BCUT2D eigenvalue weighted by Gasteiger charge is -2.15. The fourth-order valence-corrected chi connectivity index (χ4v) is 2.80. The lowest BCUT2D eigenvalue weighted by molar-refractivity contribution is -0.139. The number of hydrogen-bond donors (Lipinski definition) is 2. The van der Waals surface area contributed by atoms with Gasteiger partial charge in [0.2, 0.25) is 5.78 Å². The molecule has 2 N–H and O–H groups in total. The lowest BCUT2D eigenvalue weighted by Crippen LogP contribution is -2.09. The fraction of sp³-hybridized carbons (Fsp3) is 0.190. The van der Waals surface area contributed by atoms with Gasteiger partial charge in [-0.25, -0.2) is 0 Å². The van der Waals surface area contributed by atoms with Crippen LogP contribution in [0.4, 0.5) is 0 Å². The molecule has 0 aromatic heterocycles. The van der Waals surface area contributed by atoms with E-state index in [9.17, 15) is 19.5 Å². The molecule has 2 rings (SSSR count). The molecule has 0 aliphatic heterocycles. The molecule has 2 aromatic rings. The third-order valence-electron chi connectivity index (χ3n) is 4.19. The van der Waals surface area contributed by atoms with Gasteiger partial charge in [0.1, 0.15) is 17.1 Å². The summed E-state index contributed by atoms with van der Waals surface area (Å²) in [5.74, 6) is -2.81. The van der Waals surface area contributed by atoms with Crippen LogP contribution >= 0.6 is 11.6 Å². The molecule has 0 radical (unpaired) electrons. The van der Waals surface area contributed by atoms with E-state index in [0.29, 0.717) is 11.8 Å². The molecule has 0 saturated heterocycles. The minimum Gasteiger partial charge on any atom is -0.507 e. The summed E-state index contributed by atoms with van der Waals surface area (Å²) in [4.78, 5) is 35.6. The van der Waals surface area contributed by atoms with Crippen molar-refractivity contribution in [1.82, 2.24) is 0 Å². The van der Waals surface area contributed by atoms with Crippen LogP contribution in [-0.2, 0) is 4.79 Å². The topological polar surface area (TPSA) is 110 Å². The summed E-state index contributed by atoms with van der Waals surface area (Å²) in [6, 6.07) is 5.67. The smallest absolute Gasteiger partial charge is 0.310 e. The van der Waals surface area contributed by atoms with E-state index in [4.69, 9.17) is 26.2 Å². The zero-order chi connectivity index (χ0) is 21.7. The second-order valence-electron chi connectivity index (χ2n) is 6.17. The largest absolute Gasteiger partial charge is 0.507 e. The molecule has 0 saturated carbocycles. The molecule has 29 heavy (non-hydrogen) atoms. The number of hydrogen-bond acceptors (Lipinski definition) is 6. The molecule has 0 amide bonds. The van der Waals surface area contributed by atoms with Crippen LogP contribution in [0.2, 0.25) is 5.02 Å². The van der Waals surface area contributed by atoms with Crippen molar-refractivity contribution >= 4 is 29.6 Å². The molecule has 0 heterocycles. The van der Waals surface area contributed by atoms with Crippen LogP contribution in [0.3, 0.4) is 0 Å². The van der Waals surface area contributed by atoms with Gasteiger partial charge in [0.15, 0.2) is 12.0 Å². The Bertz CT molecular complexity index is 995. The van der Waals surface area contributed by atoms with Crippen molar-refractivity contribution in [3.63, 3.8) is 0 Å². The molecule has 1 atom stereocenters. The highest BCUT2D eigenvalue weighted by Gasteiger charge is 2.26. The predicted octanol–water partition coefficient (Wildman–Crippen LogP) is 4.02. The summed E-state index contributed by atoms with van der Waals surface area (Å²) in [7, 11) is 1.31. The first kappa shape index (κ1) is 22.0. The Kier molecular flexibility index (Phi) is 7.01. The third kappa shape index (κ3) is 4.57. The number of carboxylic acids is 1. The summed E-state index contributed by atoms with van der Waals surface area (Å²) < 4.78 is 10.6. The van der Waals surface area contributed by atoms with Gasteiger partial charge in [-0.1, -0.05) is 23.7 Å². The van der Waals surface area contributed by atoms with Gasteiger partial charge in [-0.3, -0.25) is 14.4 Å². The van der Waals surface area contributed by atoms with Gasteiger partial charge in [-0.05, 0) is 37.6 Å². The molecule has 152 valence electrons. The number of carboxylic acid groups (broad SMARTS) is 1. The normalized spacial score (nSPS) is 11.9. The number of carbonyl (C=O) groups is 3. The summed E-state index contributed by atoms with van der Waals surface area (Å²) >= 11 is 6.19. The molecular weight excluding hydrogens is 400 g/mol. The summed E-state index contributed by atoms with van der Waals surface area (Å²) in [6.07, 6.45) is 2.87. The first-order valence-corrected chi connectivity index (χ1v) is 8.85. The number of aldehydes is 1. The Morgan fingerprint density at radius 3 is 2.55 bits per heavy atom. The van der Waals surface area contributed by atoms with E-state index in [-0.39, 0.29) is 39.0 Å². The van der Waals surface area contributed by atoms with Crippen molar-refractivity contribution in [1.29, 1.82) is 0 Å². The summed E-state index contributed by atoms with van der Waals surface area (Å²) in [5, 5.41) is 19.4. The number of ketones is 1. The molecule has 0 bridgehead atoms. The standard InChI is InChI=1S/C21H19ClO7/c1-11(21(26)27)7-8-29-16-6-4-5-13(14(16)10-23)19(25)17-15(24)9-12(2)18(22)20(17)28-3/h4-11,24H,1-3H3,(H,26,27)/b8-7-/t11-/m1/s1. The third-order valence-corrected chi connectivity index (χ3v) is 4.66. The first-order valence-electron chi connectivity index (χ1n) is 8.48. The van der Waals surface area contributed by atoms with Gasteiger partial charge in [-0.15, -0.1) is 0 Å². The zero-order valence-corrected chi connectivity index (χ0v) is 16.7. The Hall–Kier alpha value is -3.32. The van der Waals surface area contributed by atoms with Crippen LogP contribution in [-0.4, -0.2) is 35.4 Å². The molecule has 8 heteroatoms. The van der Waals surface area contributed by atoms with Crippen LogP contribution < -0.4 is 9.47 Å². The van der Waals surface area contributed by atoms with E-state index < -0.39 is 17.7 Å². The number of phenols is 1. The maximum Gasteiger partial charge on any atom is 0.310 e. The van der Waals surface area contributed by atoms with E-state index in [2.05, 4.69) is 0 Å². The number of methoxy groups -OCH3 is 1. The number of aryl methyl sites for hydroxylation is 1. The fourth-order valence-electron chi connectivity index (χ4n) is 2.57. The van der Waals surface area contributed by atoms with E-state index in [1.807, 2.05) is 0 Å². The predicted molar refractivity (Wildman–Crippen MR) is 106 cm³/mol. The molecule has 0 fully saturated rings. The average molecular weight is 419 g/mol. The molecular formula is C21H19ClO7. The number of rotatable bonds is 8. The first-order chi connectivity index (χ1) is 13.7. The Morgan fingerprint density at radius 2 is 1.97 bits per heavy atom. The Labute approximate surface area is 172 Å². The second-order valence-corrected chi connectivity index (χ2v) is 6.55. The van der Waals surface area contributed by atoms with Gasteiger partial charge in [0, 0.05) is 5.56 Å². The minimum atomic E-state index is -1.04. The van der Waals surface area contributed by atoms with E-state index in [1.54, 1.807) is 6.92 Å². The molecule has 0 aliphatic rings. The molecule has 7 nitrogen and oxygen atoms in total. The number of aromatic hydroxyl groups is 1.